The van der Waals surface area contributed by atoms with Crippen molar-refractivity contribution in [2.24, 2.45) is 0 Å². The Balaban J connectivity index is 1.84. The molecular formula is C17H21N3O4S. The Labute approximate surface area is 148 Å². The lowest BCUT2D eigenvalue weighted by Gasteiger charge is -2.11. The minimum Gasteiger partial charge on any atom is -0.462 e. The second-order valence-electron chi connectivity index (χ2n) is 6.20. The molecule has 0 bridgehead atoms. The highest BCUT2D eigenvalue weighted by Crippen LogP contribution is 2.27. The quantitative estimate of drug-likeness (QED) is 0.792. The summed E-state index contributed by atoms with van der Waals surface area (Å²) in [6, 6.07) is 0.224. The number of carbonyl (C=O) groups excluding carboxylic acids is 2. The lowest BCUT2D eigenvalue weighted by Crippen LogP contribution is -2.34. The molecule has 0 radical (unpaired) electrons. The summed E-state index contributed by atoms with van der Waals surface area (Å²) < 4.78 is 5.01. The van der Waals surface area contributed by atoms with Gasteiger partial charge in [0.2, 0.25) is 5.91 Å². The molecule has 0 aliphatic heterocycles. The maximum atomic E-state index is 12.4. The SMILES string of the molecule is CCOC(=O)c1sc2nc(CC(=O)NC3CCCC3)[nH]c(=O)c2c1C. The van der Waals surface area contributed by atoms with Crippen LogP contribution in [0.2, 0.25) is 0 Å². The predicted molar refractivity (Wildman–Crippen MR) is 95.0 cm³/mol. The number of carbonyl (C=O) groups is 2. The number of aromatic nitrogens is 2. The van der Waals surface area contributed by atoms with Crippen molar-refractivity contribution in [2.75, 3.05) is 6.61 Å². The Bertz CT molecular complexity index is 865. The fourth-order valence-electron chi connectivity index (χ4n) is 3.16. The van der Waals surface area contributed by atoms with Crippen LogP contribution in [0.3, 0.4) is 0 Å². The fraction of sp³-hybridized carbons (Fsp3) is 0.529. The van der Waals surface area contributed by atoms with E-state index in [1.54, 1.807) is 13.8 Å². The lowest BCUT2D eigenvalue weighted by molar-refractivity contribution is -0.121. The van der Waals surface area contributed by atoms with Crippen molar-refractivity contribution < 1.29 is 14.3 Å². The number of ether oxygens (including phenoxy) is 1. The number of hydrogen-bond acceptors (Lipinski definition) is 6. The van der Waals surface area contributed by atoms with Crippen molar-refractivity contribution in [3.8, 4) is 0 Å². The zero-order chi connectivity index (χ0) is 18.0. The van der Waals surface area contributed by atoms with Crippen molar-refractivity contribution in [3.63, 3.8) is 0 Å². The molecule has 0 spiro atoms. The van der Waals surface area contributed by atoms with Crippen LogP contribution in [0.5, 0.6) is 0 Å². The van der Waals surface area contributed by atoms with Crippen LogP contribution in [0.25, 0.3) is 10.2 Å². The number of rotatable bonds is 5. The van der Waals surface area contributed by atoms with Gasteiger partial charge >= 0.3 is 5.97 Å². The molecule has 25 heavy (non-hydrogen) atoms. The first kappa shape index (κ1) is 17.6. The van der Waals surface area contributed by atoms with Gasteiger partial charge in [0.05, 0.1) is 18.4 Å². The highest BCUT2D eigenvalue weighted by molar-refractivity contribution is 7.20. The van der Waals surface area contributed by atoms with Gasteiger partial charge < -0.3 is 15.0 Å². The van der Waals surface area contributed by atoms with Gasteiger partial charge in [-0.2, -0.15) is 0 Å². The zero-order valence-electron chi connectivity index (χ0n) is 14.3. The summed E-state index contributed by atoms with van der Waals surface area (Å²) >= 11 is 1.12. The van der Waals surface area contributed by atoms with E-state index in [0.717, 1.165) is 37.0 Å². The second kappa shape index (κ2) is 7.35. The van der Waals surface area contributed by atoms with Gasteiger partial charge in [0.1, 0.15) is 15.5 Å². The molecule has 1 aliphatic rings. The number of H-pyrrole nitrogens is 1. The molecule has 2 N–H and O–H groups in total. The molecular weight excluding hydrogens is 342 g/mol. The van der Waals surface area contributed by atoms with Crippen LogP contribution in [0, 0.1) is 6.92 Å². The molecule has 1 fully saturated rings. The minimum atomic E-state index is -0.456. The maximum Gasteiger partial charge on any atom is 0.348 e. The van der Waals surface area contributed by atoms with Crippen molar-refractivity contribution in [2.45, 2.75) is 52.0 Å². The molecule has 1 aliphatic carbocycles. The highest BCUT2D eigenvalue weighted by Gasteiger charge is 2.21. The lowest BCUT2D eigenvalue weighted by atomic mass is 10.2. The molecule has 0 saturated heterocycles. The number of aryl methyl sites for hydroxylation is 1. The molecule has 7 nitrogen and oxygen atoms in total. The smallest absolute Gasteiger partial charge is 0.348 e. The van der Waals surface area contributed by atoms with Crippen LogP contribution in [0.15, 0.2) is 4.79 Å². The third kappa shape index (κ3) is 3.73. The molecule has 0 unspecified atom stereocenters. The molecule has 1 amide bonds. The standard InChI is InChI=1S/C17H21N3O4S/c1-3-24-17(23)14-9(2)13-15(22)19-11(20-16(13)25-14)8-12(21)18-10-6-4-5-7-10/h10H,3-8H2,1-2H3,(H,18,21)(H,19,20,22). The van der Waals surface area contributed by atoms with Gasteiger partial charge in [0.15, 0.2) is 0 Å². The number of nitrogens with one attached hydrogen (secondary N) is 2. The largest absolute Gasteiger partial charge is 0.462 e. The first-order chi connectivity index (χ1) is 12.0. The van der Waals surface area contributed by atoms with E-state index in [0.29, 0.717) is 26.5 Å². The van der Waals surface area contributed by atoms with Crippen molar-refractivity contribution in [1.82, 2.24) is 15.3 Å². The van der Waals surface area contributed by atoms with E-state index in [-0.39, 0.29) is 30.5 Å². The van der Waals surface area contributed by atoms with Crippen molar-refractivity contribution in [1.29, 1.82) is 0 Å². The molecule has 3 rings (SSSR count). The van der Waals surface area contributed by atoms with E-state index < -0.39 is 5.97 Å². The Morgan fingerprint density at radius 1 is 1.36 bits per heavy atom. The summed E-state index contributed by atoms with van der Waals surface area (Å²) in [5.41, 5.74) is 0.229. The number of amides is 1. The number of nitrogens with zero attached hydrogens (tertiary/aromatic N) is 1. The Morgan fingerprint density at radius 2 is 2.08 bits per heavy atom. The number of thiophene rings is 1. The van der Waals surface area contributed by atoms with E-state index in [9.17, 15) is 14.4 Å². The van der Waals surface area contributed by atoms with E-state index in [1.807, 2.05) is 0 Å². The predicted octanol–water partition coefficient (Wildman–Crippen LogP) is 2.07. The first-order valence-corrected chi connectivity index (χ1v) is 9.30. The zero-order valence-corrected chi connectivity index (χ0v) is 15.1. The van der Waals surface area contributed by atoms with Crippen LogP contribution in [0.1, 0.15) is 53.7 Å². The average Bonchev–Trinajstić information content (AvgIpc) is 3.15. The molecule has 2 aromatic heterocycles. The molecule has 8 heteroatoms. The van der Waals surface area contributed by atoms with Gasteiger partial charge in [-0.15, -0.1) is 11.3 Å². The molecule has 0 aromatic carbocycles. The summed E-state index contributed by atoms with van der Waals surface area (Å²) in [5, 5.41) is 3.36. The van der Waals surface area contributed by atoms with Gasteiger partial charge in [-0.1, -0.05) is 12.8 Å². The Kier molecular flexibility index (Phi) is 5.17. The summed E-state index contributed by atoms with van der Waals surface area (Å²) in [6.07, 6.45) is 4.30. The van der Waals surface area contributed by atoms with Crippen molar-refractivity contribution >= 4 is 33.4 Å². The Hall–Kier alpha value is -2.22. The monoisotopic (exact) mass is 363 g/mol. The Morgan fingerprint density at radius 3 is 2.76 bits per heavy atom. The highest BCUT2D eigenvalue weighted by atomic mass is 32.1. The molecule has 0 atom stereocenters. The van der Waals surface area contributed by atoms with Gasteiger partial charge in [-0.05, 0) is 32.3 Å². The van der Waals surface area contributed by atoms with E-state index in [1.165, 1.54) is 0 Å². The summed E-state index contributed by atoms with van der Waals surface area (Å²) in [7, 11) is 0. The van der Waals surface area contributed by atoms with Crippen LogP contribution in [-0.4, -0.2) is 34.5 Å². The van der Waals surface area contributed by atoms with Gasteiger partial charge in [0.25, 0.3) is 5.56 Å². The summed E-state index contributed by atoms with van der Waals surface area (Å²) in [5.74, 6) is -0.291. The molecule has 134 valence electrons. The number of hydrogen-bond donors (Lipinski definition) is 2. The maximum absolute atomic E-state index is 12.4. The normalized spacial score (nSPS) is 14.8. The third-order valence-electron chi connectivity index (χ3n) is 4.36. The minimum absolute atomic E-state index is 0.0212. The van der Waals surface area contributed by atoms with E-state index in [4.69, 9.17) is 4.74 Å². The molecule has 2 heterocycles. The number of esters is 1. The summed E-state index contributed by atoms with van der Waals surface area (Å²) in [6.45, 7) is 3.70. The third-order valence-corrected chi connectivity index (χ3v) is 5.52. The topological polar surface area (TPSA) is 101 Å². The van der Waals surface area contributed by atoms with Crippen LogP contribution < -0.4 is 10.9 Å². The summed E-state index contributed by atoms with van der Waals surface area (Å²) in [4.78, 5) is 44.3. The van der Waals surface area contributed by atoms with Crippen LogP contribution in [0.4, 0.5) is 0 Å². The van der Waals surface area contributed by atoms with Gasteiger partial charge in [0, 0.05) is 6.04 Å². The number of aromatic amines is 1. The molecule has 1 saturated carbocycles. The average molecular weight is 363 g/mol. The number of fused-ring (bicyclic) bond motifs is 1. The fourth-order valence-corrected chi connectivity index (χ4v) is 4.26. The molecule has 2 aromatic rings. The van der Waals surface area contributed by atoms with Crippen molar-refractivity contribution in [3.05, 3.63) is 26.6 Å². The van der Waals surface area contributed by atoms with Crippen LogP contribution in [-0.2, 0) is 16.0 Å². The van der Waals surface area contributed by atoms with E-state index in [2.05, 4.69) is 15.3 Å². The van der Waals surface area contributed by atoms with E-state index >= 15 is 0 Å². The second-order valence-corrected chi connectivity index (χ2v) is 7.19. The van der Waals surface area contributed by atoms with Gasteiger partial charge in [-0.3, -0.25) is 9.59 Å². The first-order valence-electron chi connectivity index (χ1n) is 8.48. The van der Waals surface area contributed by atoms with Gasteiger partial charge in [-0.25, -0.2) is 9.78 Å². The van der Waals surface area contributed by atoms with Crippen LogP contribution >= 0.6 is 11.3 Å².